The van der Waals surface area contributed by atoms with Gasteiger partial charge < -0.3 is 14.0 Å². The minimum absolute atomic E-state index is 0.0421. The summed E-state index contributed by atoms with van der Waals surface area (Å²) >= 11 is 3.68. The Balaban J connectivity index is 2.26. The average molecular weight is 164 g/mol. The van der Waals surface area contributed by atoms with Gasteiger partial charge in [-0.1, -0.05) is 0 Å². The van der Waals surface area contributed by atoms with Gasteiger partial charge in [-0.15, -0.1) is 0 Å². The summed E-state index contributed by atoms with van der Waals surface area (Å²) in [6.45, 7) is 0.966. The summed E-state index contributed by atoms with van der Waals surface area (Å²) in [5, 5.41) is 9.10. The zero-order valence-corrected chi connectivity index (χ0v) is 6.59. The molecule has 1 saturated heterocycles. The molecule has 1 aliphatic rings. The first-order valence-corrected chi connectivity index (χ1v) is 3.75. The highest BCUT2D eigenvalue weighted by Gasteiger charge is 2.16. The van der Waals surface area contributed by atoms with E-state index in [0.29, 0.717) is 13.2 Å². The molecule has 1 aliphatic heterocycles. The van der Waals surface area contributed by atoms with Crippen LogP contribution in [0.1, 0.15) is 12.8 Å². The fourth-order valence-corrected chi connectivity index (χ4v) is 1.13. The lowest BCUT2D eigenvalue weighted by molar-refractivity contribution is 0.0331. The lowest BCUT2D eigenvalue weighted by atomic mass is 10.1. The Bertz CT molecular complexity index is 99.0. The molecule has 0 saturated carbocycles. The van der Waals surface area contributed by atoms with Crippen molar-refractivity contribution in [3.63, 3.8) is 0 Å². The molecule has 3 nitrogen and oxygen atoms in total. The number of aliphatic hydroxyl groups is 1. The maximum absolute atomic E-state index is 9.10. The van der Waals surface area contributed by atoms with Crippen LogP contribution in [-0.4, -0.2) is 30.5 Å². The van der Waals surface area contributed by atoms with Crippen molar-refractivity contribution in [3.05, 3.63) is 0 Å². The second-order valence-corrected chi connectivity index (χ2v) is 2.71. The van der Waals surface area contributed by atoms with E-state index < -0.39 is 0 Å². The van der Waals surface area contributed by atoms with Gasteiger partial charge in [-0.3, -0.25) is 0 Å². The predicted octanol–water partition coefficient (Wildman–Crippen LogP) is 0.388. The van der Waals surface area contributed by atoms with Gasteiger partial charge in [-0.2, -0.15) is 0 Å². The van der Waals surface area contributed by atoms with Gasteiger partial charge in [0.1, 0.15) is 0 Å². The second-order valence-electron chi connectivity index (χ2n) is 2.50. The molecule has 60 valence electrons. The highest BCUT2D eigenvalue weighted by Crippen LogP contribution is 2.11. The summed E-state index contributed by atoms with van der Waals surface area (Å²) in [5.41, 5.74) is 0. The summed E-state index contributed by atoms with van der Waals surface area (Å²) in [4.78, 5) is 0. The predicted molar refractivity (Wildman–Crippen MR) is 39.9 cm³/mol. The minimum Gasteiger partial charge on any atom is -0.391 e. The Kier molecular flexibility index (Phi) is 3.48. The molecule has 1 fully saturated rings. The molecule has 0 amide bonds. The van der Waals surface area contributed by atoms with Crippen LogP contribution >= 0.6 is 12.9 Å². The molecule has 0 radical (unpaired) electrons. The molecule has 10 heavy (non-hydrogen) atoms. The molecule has 1 heterocycles. The van der Waals surface area contributed by atoms with E-state index in [1.807, 2.05) is 0 Å². The van der Waals surface area contributed by atoms with Crippen molar-refractivity contribution in [1.29, 1.82) is 0 Å². The summed E-state index contributed by atoms with van der Waals surface area (Å²) in [5.74, 6) is 0. The topological polar surface area (TPSA) is 38.7 Å². The van der Waals surface area contributed by atoms with Gasteiger partial charge in [0.2, 0.25) is 0 Å². The molecule has 0 bridgehead atoms. The summed E-state index contributed by atoms with van der Waals surface area (Å²) < 4.78 is 9.86. The maximum Gasteiger partial charge on any atom is 0.0953 e. The van der Waals surface area contributed by atoms with E-state index in [2.05, 4.69) is 12.9 Å². The Morgan fingerprint density at radius 1 is 1.40 bits per heavy atom. The van der Waals surface area contributed by atoms with Crippen LogP contribution in [0.25, 0.3) is 0 Å². The van der Waals surface area contributed by atoms with Crippen molar-refractivity contribution >= 4 is 12.9 Å². The lowest BCUT2D eigenvalue weighted by Crippen LogP contribution is -2.13. The first-order chi connectivity index (χ1) is 4.83. The van der Waals surface area contributed by atoms with Gasteiger partial charge in [0, 0.05) is 0 Å². The first kappa shape index (κ1) is 8.33. The minimum atomic E-state index is -0.325. The van der Waals surface area contributed by atoms with E-state index in [-0.39, 0.29) is 12.2 Å². The molecule has 0 spiro atoms. The van der Waals surface area contributed by atoms with Gasteiger partial charge in [0.05, 0.1) is 25.4 Å². The van der Waals surface area contributed by atoms with Gasteiger partial charge >= 0.3 is 0 Å². The van der Waals surface area contributed by atoms with E-state index in [0.717, 1.165) is 12.8 Å². The zero-order valence-electron chi connectivity index (χ0n) is 5.69. The molecule has 0 aliphatic carbocycles. The highest BCUT2D eigenvalue weighted by molar-refractivity contribution is 7.75. The van der Waals surface area contributed by atoms with Crippen LogP contribution in [0.3, 0.4) is 0 Å². The normalized spacial score (nSPS) is 35.4. The fraction of sp³-hybridized carbons (Fsp3) is 1.00. The third kappa shape index (κ3) is 2.46. The largest absolute Gasteiger partial charge is 0.391 e. The van der Waals surface area contributed by atoms with Crippen molar-refractivity contribution in [3.8, 4) is 0 Å². The monoisotopic (exact) mass is 164 g/mol. The van der Waals surface area contributed by atoms with Crippen molar-refractivity contribution in [2.45, 2.75) is 25.0 Å². The smallest absolute Gasteiger partial charge is 0.0953 e. The van der Waals surface area contributed by atoms with Crippen molar-refractivity contribution in [2.75, 3.05) is 13.2 Å². The third-order valence-corrected chi connectivity index (χ3v) is 1.88. The molecule has 2 atom stereocenters. The van der Waals surface area contributed by atoms with Crippen molar-refractivity contribution < 1.29 is 14.0 Å². The van der Waals surface area contributed by atoms with Crippen LogP contribution in [0.5, 0.6) is 0 Å². The Labute approximate surface area is 65.9 Å². The van der Waals surface area contributed by atoms with E-state index in [1.165, 1.54) is 0 Å². The molecular formula is C6H12O3S. The van der Waals surface area contributed by atoms with E-state index in [9.17, 15) is 0 Å². The van der Waals surface area contributed by atoms with Crippen LogP contribution in [0.2, 0.25) is 0 Å². The molecule has 1 N–H and O–H groups in total. The summed E-state index contributed by atoms with van der Waals surface area (Å²) in [6.07, 6.45) is 1.28. The molecule has 0 aromatic rings. The van der Waals surface area contributed by atoms with Crippen molar-refractivity contribution in [2.24, 2.45) is 0 Å². The fourth-order valence-electron chi connectivity index (χ4n) is 0.964. The van der Waals surface area contributed by atoms with E-state index in [4.69, 9.17) is 14.0 Å². The third-order valence-electron chi connectivity index (χ3n) is 1.58. The first-order valence-electron chi connectivity index (χ1n) is 3.39. The number of ether oxygens (including phenoxy) is 1. The Morgan fingerprint density at radius 2 is 2.20 bits per heavy atom. The Morgan fingerprint density at radius 3 is 2.90 bits per heavy atom. The van der Waals surface area contributed by atoms with Gasteiger partial charge in [-0.05, 0) is 25.8 Å². The molecular weight excluding hydrogens is 152 g/mol. The van der Waals surface area contributed by atoms with E-state index in [1.54, 1.807) is 0 Å². The molecule has 1 unspecified atom stereocenters. The SMILES string of the molecule is OC1CC[C@H](OS)COC1. The number of thiol groups is 1. The van der Waals surface area contributed by atoms with Crippen LogP contribution in [0.15, 0.2) is 0 Å². The summed E-state index contributed by atoms with van der Waals surface area (Å²) in [6, 6.07) is 0. The molecule has 1 rings (SSSR count). The van der Waals surface area contributed by atoms with Crippen LogP contribution in [-0.2, 0) is 8.92 Å². The number of aliphatic hydroxyl groups excluding tert-OH is 1. The van der Waals surface area contributed by atoms with Crippen LogP contribution in [0, 0.1) is 0 Å². The number of hydrogen-bond donors (Lipinski definition) is 2. The van der Waals surface area contributed by atoms with Gasteiger partial charge in [-0.25, -0.2) is 0 Å². The van der Waals surface area contributed by atoms with E-state index >= 15 is 0 Å². The van der Waals surface area contributed by atoms with Crippen LogP contribution in [0.4, 0.5) is 0 Å². The standard InChI is InChI=1S/C6H12O3S/c7-5-1-2-6(9-10)4-8-3-5/h5-7,10H,1-4H2/t5?,6-/m0/s1. The molecule has 4 heteroatoms. The highest BCUT2D eigenvalue weighted by atomic mass is 32.1. The quantitative estimate of drug-likeness (QED) is 0.435. The second kappa shape index (κ2) is 4.18. The molecule has 0 aromatic carbocycles. The maximum atomic E-state index is 9.10. The average Bonchev–Trinajstić information content (AvgIpc) is 2.14. The molecule has 0 aromatic heterocycles. The number of hydrogen-bond acceptors (Lipinski definition) is 4. The Hall–Kier alpha value is 0.230. The summed E-state index contributed by atoms with van der Waals surface area (Å²) in [7, 11) is 0. The van der Waals surface area contributed by atoms with Crippen LogP contribution < -0.4 is 0 Å². The lowest BCUT2D eigenvalue weighted by Gasteiger charge is -2.08. The van der Waals surface area contributed by atoms with Crippen molar-refractivity contribution in [1.82, 2.24) is 0 Å². The number of rotatable bonds is 1. The van der Waals surface area contributed by atoms with Gasteiger partial charge in [0.15, 0.2) is 0 Å². The zero-order chi connectivity index (χ0) is 7.40. The van der Waals surface area contributed by atoms with Gasteiger partial charge in [0.25, 0.3) is 0 Å².